The molecule has 0 spiro atoms. The second-order valence-corrected chi connectivity index (χ2v) is 11.7. The van der Waals surface area contributed by atoms with Crippen LogP contribution in [0.2, 0.25) is 0 Å². The number of unbranched alkanes of at least 4 members (excludes halogenated alkanes) is 12. The van der Waals surface area contributed by atoms with Gasteiger partial charge in [0.1, 0.15) is 0 Å². The van der Waals surface area contributed by atoms with Crippen LogP contribution in [0.15, 0.2) is 12.2 Å². The second kappa shape index (κ2) is 18.4. The fraction of sp³-hybridized carbons (Fsp3) is 0.920. The fourth-order valence-electron chi connectivity index (χ4n) is 3.88. The van der Waals surface area contributed by atoms with Crippen molar-refractivity contribution in [3.63, 3.8) is 0 Å². The zero-order chi connectivity index (χ0) is 22.7. The molecule has 2 atom stereocenters. The predicted octanol–water partition coefficient (Wildman–Crippen LogP) is 8.06. The van der Waals surface area contributed by atoms with Crippen molar-refractivity contribution in [3.8, 4) is 0 Å². The number of quaternary nitrogens is 1. The zero-order valence-electron chi connectivity index (χ0n) is 20.9. The van der Waals surface area contributed by atoms with E-state index in [1.54, 1.807) is 0 Å². The summed E-state index contributed by atoms with van der Waals surface area (Å²) in [5.41, 5.74) is 0. The summed E-state index contributed by atoms with van der Waals surface area (Å²) in [5.74, 6) is -0.336. The van der Waals surface area contributed by atoms with Gasteiger partial charge < -0.3 is 13.9 Å². The van der Waals surface area contributed by atoms with Crippen LogP contribution in [0.5, 0.6) is 0 Å². The summed E-state index contributed by atoms with van der Waals surface area (Å²) >= 11 is 0. The number of hydrogen-bond donors (Lipinski definition) is 1. The molecule has 0 bridgehead atoms. The molecule has 0 saturated carbocycles. The van der Waals surface area contributed by atoms with Crippen molar-refractivity contribution in [2.45, 2.75) is 122 Å². The highest BCUT2D eigenvalue weighted by atomic mass is 31.2. The molecule has 0 aliphatic heterocycles. The van der Waals surface area contributed by atoms with Crippen molar-refractivity contribution in [1.29, 1.82) is 0 Å². The molecule has 0 saturated heterocycles. The molecule has 2 unspecified atom stereocenters. The van der Waals surface area contributed by atoms with Crippen LogP contribution in [0.1, 0.15) is 117 Å². The first kappa shape index (κ1) is 29.9. The topological polar surface area (TPSA) is 46.5 Å². The van der Waals surface area contributed by atoms with E-state index in [0.29, 0.717) is 17.5 Å². The lowest BCUT2D eigenvalue weighted by Crippen LogP contribution is -2.45. The molecule has 0 aliphatic carbocycles. The first-order valence-electron chi connectivity index (χ1n) is 12.7. The van der Waals surface area contributed by atoms with E-state index in [0.717, 1.165) is 19.3 Å². The Balaban J connectivity index is 3.60. The van der Waals surface area contributed by atoms with Crippen molar-refractivity contribution >= 4 is 7.60 Å². The molecule has 30 heavy (non-hydrogen) atoms. The van der Waals surface area contributed by atoms with Crippen LogP contribution in [-0.4, -0.2) is 42.9 Å². The minimum atomic E-state index is -3.56. The molecule has 1 N–H and O–H groups in total. The molecule has 0 aromatic heterocycles. The summed E-state index contributed by atoms with van der Waals surface area (Å²) in [5, 5.41) is 0. The number of rotatable bonds is 21. The van der Waals surface area contributed by atoms with Gasteiger partial charge in [-0.2, -0.15) is 0 Å². The minimum Gasteiger partial charge on any atom is -0.320 e. The Morgan fingerprint density at radius 1 is 0.767 bits per heavy atom. The van der Waals surface area contributed by atoms with Crippen LogP contribution >= 0.6 is 7.60 Å². The molecule has 0 radical (unpaired) electrons. The SMILES string of the molecule is CCCCCCC/C=C\CCCCCCCCCOP(=O)(O)C(CCC)[N+](C)(C)C. The lowest BCUT2D eigenvalue weighted by molar-refractivity contribution is -0.883. The maximum Gasteiger partial charge on any atom is 0.385 e. The first-order chi connectivity index (χ1) is 14.3. The quantitative estimate of drug-likeness (QED) is 0.0839. The van der Waals surface area contributed by atoms with Gasteiger partial charge in [-0.1, -0.05) is 83.8 Å². The van der Waals surface area contributed by atoms with Crippen LogP contribution in [0.4, 0.5) is 0 Å². The highest BCUT2D eigenvalue weighted by Crippen LogP contribution is 2.51. The Labute approximate surface area is 188 Å². The van der Waals surface area contributed by atoms with Gasteiger partial charge in [0.2, 0.25) is 0 Å². The van der Waals surface area contributed by atoms with Crippen molar-refractivity contribution in [2.24, 2.45) is 0 Å². The molecule has 5 heteroatoms. The Morgan fingerprint density at radius 2 is 1.23 bits per heavy atom. The zero-order valence-corrected chi connectivity index (χ0v) is 21.8. The lowest BCUT2D eigenvalue weighted by atomic mass is 10.1. The summed E-state index contributed by atoms with van der Waals surface area (Å²) in [6.07, 6.45) is 24.0. The molecule has 0 aromatic rings. The van der Waals surface area contributed by atoms with Gasteiger partial charge in [0.25, 0.3) is 0 Å². The third kappa shape index (κ3) is 16.5. The number of allylic oxidation sites excluding steroid dienone is 2. The number of nitrogens with zero attached hydrogens (tertiary/aromatic N) is 1. The fourth-order valence-corrected chi connectivity index (χ4v) is 5.90. The third-order valence-electron chi connectivity index (χ3n) is 5.75. The van der Waals surface area contributed by atoms with Gasteiger partial charge in [0, 0.05) is 6.42 Å². The summed E-state index contributed by atoms with van der Waals surface area (Å²) < 4.78 is 18.6. The van der Waals surface area contributed by atoms with Crippen molar-refractivity contribution < 1.29 is 18.5 Å². The molecule has 180 valence electrons. The van der Waals surface area contributed by atoms with E-state index in [1.165, 1.54) is 77.0 Å². The van der Waals surface area contributed by atoms with E-state index in [2.05, 4.69) is 26.0 Å². The van der Waals surface area contributed by atoms with Gasteiger partial charge in [-0.15, -0.1) is 0 Å². The van der Waals surface area contributed by atoms with Crippen LogP contribution in [0.3, 0.4) is 0 Å². The van der Waals surface area contributed by atoms with Crippen molar-refractivity contribution in [2.75, 3.05) is 27.7 Å². The van der Waals surface area contributed by atoms with Crippen molar-refractivity contribution in [1.82, 2.24) is 0 Å². The van der Waals surface area contributed by atoms with Gasteiger partial charge in [-0.25, -0.2) is 0 Å². The van der Waals surface area contributed by atoms with E-state index in [-0.39, 0.29) is 5.78 Å². The maximum atomic E-state index is 12.6. The summed E-state index contributed by atoms with van der Waals surface area (Å²) in [7, 11) is 2.34. The molecule has 4 nitrogen and oxygen atoms in total. The Kier molecular flexibility index (Phi) is 18.3. The third-order valence-corrected chi connectivity index (χ3v) is 8.01. The standard InChI is InChI=1S/C25H52NO3P/c1-6-8-9-10-11-12-13-14-15-16-17-18-19-20-21-22-24-29-30(27,28)25(23-7-2)26(3,4)5/h13-14,25H,6-12,15-24H2,1-5H3/p+1/b14-13-. The second-order valence-electron chi connectivity index (χ2n) is 9.72. The molecular weight excluding hydrogens is 393 g/mol. The smallest absolute Gasteiger partial charge is 0.320 e. The van der Waals surface area contributed by atoms with Crippen LogP contribution in [0, 0.1) is 0 Å². The Bertz CT molecular complexity index is 460. The number of hydrogen-bond acceptors (Lipinski definition) is 2. The molecule has 0 fully saturated rings. The average molecular weight is 447 g/mol. The summed E-state index contributed by atoms with van der Waals surface area (Å²) in [4.78, 5) is 10.4. The van der Waals surface area contributed by atoms with E-state index < -0.39 is 7.60 Å². The van der Waals surface area contributed by atoms with Gasteiger partial charge in [-0.3, -0.25) is 4.57 Å². The van der Waals surface area contributed by atoms with E-state index in [9.17, 15) is 9.46 Å². The monoisotopic (exact) mass is 446 g/mol. The molecule has 0 rings (SSSR count). The molecule has 0 aliphatic rings. The highest BCUT2D eigenvalue weighted by Gasteiger charge is 2.41. The first-order valence-corrected chi connectivity index (χ1v) is 14.3. The highest BCUT2D eigenvalue weighted by molar-refractivity contribution is 7.53. The predicted molar refractivity (Wildman–Crippen MR) is 132 cm³/mol. The largest absolute Gasteiger partial charge is 0.385 e. The average Bonchev–Trinajstić information content (AvgIpc) is 2.67. The van der Waals surface area contributed by atoms with E-state index in [4.69, 9.17) is 4.52 Å². The molecule has 0 amide bonds. The van der Waals surface area contributed by atoms with Crippen LogP contribution < -0.4 is 0 Å². The minimum absolute atomic E-state index is 0.336. The van der Waals surface area contributed by atoms with Gasteiger partial charge >= 0.3 is 7.60 Å². The Hall–Kier alpha value is -0.150. The summed E-state index contributed by atoms with van der Waals surface area (Å²) in [6, 6.07) is 0. The molecule has 0 heterocycles. The summed E-state index contributed by atoms with van der Waals surface area (Å²) in [6.45, 7) is 4.71. The van der Waals surface area contributed by atoms with E-state index >= 15 is 0 Å². The van der Waals surface area contributed by atoms with Gasteiger partial charge in [0.15, 0.2) is 5.78 Å². The van der Waals surface area contributed by atoms with Crippen LogP contribution in [0.25, 0.3) is 0 Å². The van der Waals surface area contributed by atoms with Gasteiger partial charge in [-0.05, 0) is 38.5 Å². The van der Waals surface area contributed by atoms with Crippen molar-refractivity contribution in [3.05, 3.63) is 12.2 Å². The Morgan fingerprint density at radius 3 is 1.70 bits per heavy atom. The normalized spacial score (nSPS) is 15.5. The molecule has 0 aromatic carbocycles. The maximum absolute atomic E-state index is 12.6. The molecular formula is C25H53NO3P+. The van der Waals surface area contributed by atoms with E-state index in [1.807, 2.05) is 21.1 Å². The van der Waals surface area contributed by atoms with Crippen LogP contribution in [-0.2, 0) is 9.09 Å². The van der Waals surface area contributed by atoms with Gasteiger partial charge in [0.05, 0.1) is 27.7 Å². The lowest BCUT2D eigenvalue weighted by Gasteiger charge is -2.35.